The Labute approximate surface area is 539 Å². The fraction of sp³-hybridized carbons (Fsp3) is 0.590. The van der Waals surface area contributed by atoms with Crippen LogP contribution >= 0.6 is 11.2 Å². The number of benzene rings is 3. The van der Waals surface area contributed by atoms with Gasteiger partial charge >= 0.3 is 0 Å². The van der Waals surface area contributed by atoms with Gasteiger partial charge in [-0.25, -0.2) is 0 Å². The Morgan fingerprint density at radius 1 is 0.667 bits per heavy atom. The van der Waals surface area contributed by atoms with E-state index in [4.69, 9.17) is 0 Å². The van der Waals surface area contributed by atoms with Crippen molar-refractivity contribution in [1.82, 2.24) is 41.7 Å². The number of hydrogen-bond acceptors (Lipinski definition) is 24. The molecule has 5 heterocycles. The van der Waals surface area contributed by atoms with Gasteiger partial charge < -0.3 is 107 Å². The number of phenolic OH excluding ortho intramolecular Hbond substituents is 1. The third-order valence-corrected chi connectivity index (χ3v) is 18.3. The number of amides is 7. The van der Waals surface area contributed by atoms with E-state index in [1.165, 1.54) is 31.5 Å². The summed E-state index contributed by atoms with van der Waals surface area (Å²) in [6, 6.07) is 5.83. The Morgan fingerprint density at radius 2 is 1.23 bits per heavy atom. The molecule has 0 aliphatic carbocycles. The van der Waals surface area contributed by atoms with Gasteiger partial charge in [-0.2, -0.15) is 0 Å². The van der Waals surface area contributed by atoms with E-state index >= 15 is 0 Å². The number of nitrogens with one attached hydrogen (secondary N) is 6. The van der Waals surface area contributed by atoms with Crippen LogP contribution in [0.15, 0.2) is 66.7 Å². The molecule has 7 amide bonds. The maximum Gasteiger partial charge on any atom is 0.266 e. The van der Waals surface area contributed by atoms with E-state index in [2.05, 4.69) is 82.0 Å². The first-order valence-electron chi connectivity index (χ1n) is 31.2. The summed E-state index contributed by atoms with van der Waals surface area (Å²) in [5.74, 6) is -9.58. The summed E-state index contributed by atoms with van der Waals surface area (Å²) in [6.07, 6.45) is -10.6. The molecule has 5 saturated heterocycles. The number of fused-ring (bicyclic) bond motifs is 2. The molecule has 3 aromatic carbocycles. The van der Waals surface area contributed by atoms with Crippen LogP contribution in [-0.4, -0.2) is 268 Å². The molecule has 0 spiro atoms. The maximum atomic E-state index is 15.0. The van der Waals surface area contributed by atoms with Crippen molar-refractivity contribution in [3.8, 4) is 11.5 Å². The molecular formula is C61H89N11O20S. The highest BCUT2D eigenvalue weighted by molar-refractivity contribution is 8.15. The Balaban J connectivity index is 1.06. The molecule has 5 aliphatic rings. The lowest BCUT2D eigenvalue weighted by Crippen LogP contribution is -2.64. The van der Waals surface area contributed by atoms with Gasteiger partial charge in [0.2, 0.25) is 35.4 Å². The van der Waals surface area contributed by atoms with E-state index in [0.29, 0.717) is 13.1 Å². The van der Waals surface area contributed by atoms with Crippen molar-refractivity contribution < 1.29 is 97.4 Å². The van der Waals surface area contributed by atoms with Crippen molar-refractivity contribution in [2.24, 2.45) is 11.8 Å². The van der Waals surface area contributed by atoms with E-state index in [1.54, 1.807) is 24.3 Å². The number of aliphatic hydroxyl groups excluding tert-OH is 8. The van der Waals surface area contributed by atoms with Crippen LogP contribution in [0.25, 0.3) is 0 Å². The zero-order valence-electron chi connectivity index (χ0n) is 52.0. The van der Waals surface area contributed by atoms with Crippen LogP contribution in [0.5, 0.6) is 11.5 Å². The lowest BCUT2D eigenvalue weighted by Gasteiger charge is -2.38. The van der Waals surface area contributed by atoms with E-state index in [9.17, 15) is 93.2 Å². The number of nitrogens with zero attached hydrogens (tertiary/aromatic N) is 5. The van der Waals surface area contributed by atoms with Crippen LogP contribution in [0.1, 0.15) is 68.8 Å². The molecule has 0 saturated carbocycles. The minimum atomic E-state index is -4.74. The third-order valence-electron chi connectivity index (χ3n) is 17.9. The van der Waals surface area contributed by atoms with Crippen molar-refractivity contribution in [3.63, 3.8) is 0 Å². The second kappa shape index (κ2) is 31.8. The van der Waals surface area contributed by atoms with Gasteiger partial charge in [0.05, 0.1) is 55.9 Å². The number of aromatic hydroxyl groups is 1. The van der Waals surface area contributed by atoms with Crippen molar-refractivity contribution in [2.45, 2.75) is 138 Å². The molecule has 13 atom stereocenters. The minimum absolute atomic E-state index is 0.0561. The summed E-state index contributed by atoms with van der Waals surface area (Å²) in [6.45, 7) is 6.77. The van der Waals surface area contributed by atoms with Gasteiger partial charge in [0.25, 0.3) is 17.1 Å². The monoisotopic (exact) mass is 1330 g/mol. The molecule has 0 bridgehead atoms. The third kappa shape index (κ3) is 18.4. The maximum absolute atomic E-state index is 15.0. The number of anilines is 3. The number of hydrogen-bond donors (Lipinski definition) is 18. The Kier molecular flexibility index (Phi) is 24.5. The van der Waals surface area contributed by atoms with Crippen molar-refractivity contribution >= 4 is 69.6 Å². The summed E-state index contributed by atoms with van der Waals surface area (Å²) in [5.41, 5.74) is 3.16. The van der Waals surface area contributed by atoms with E-state index in [1.807, 2.05) is 0 Å². The van der Waals surface area contributed by atoms with Gasteiger partial charge in [-0.1, -0.05) is 19.9 Å². The number of phenols is 1. The Bertz CT molecular complexity index is 3060. The van der Waals surface area contributed by atoms with Crippen molar-refractivity contribution in [3.05, 3.63) is 77.9 Å². The predicted molar refractivity (Wildman–Crippen MR) is 338 cm³/mol. The highest BCUT2D eigenvalue weighted by atomic mass is 32.3. The fourth-order valence-electron chi connectivity index (χ4n) is 12.4. The molecule has 514 valence electrons. The number of piperidine rings is 1. The van der Waals surface area contributed by atoms with Gasteiger partial charge in [-0.05, 0) is 105 Å². The minimum Gasteiger partial charge on any atom is -0.504 e. The molecule has 0 radical (unpaired) electrons. The molecule has 5 fully saturated rings. The number of piperazine rings is 1. The van der Waals surface area contributed by atoms with E-state index < -0.39 is 201 Å². The van der Waals surface area contributed by atoms with Gasteiger partial charge in [0.15, 0.2) is 11.5 Å². The molecular weight excluding hydrogens is 1240 g/mol. The molecule has 3 aromatic rings. The highest BCUT2D eigenvalue weighted by Crippen LogP contribution is 2.41. The normalized spacial score (nSPS) is 27.3. The topological polar surface area (TPSA) is 460 Å². The zero-order valence-corrected chi connectivity index (χ0v) is 52.8. The number of carbonyl (C=O) groups excluding carboxylic acids is 7. The molecule has 31 nitrogen and oxygen atoms in total. The quantitative estimate of drug-likeness (QED) is 0.0595. The van der Waals surface area contributed by atoms with Crippen LogP contribution in [-0.2, 0) is 35.2 Å². The zero-order chi connectivity index (χ0) is 67.6. The summed E-state index contributed by atoms with van der Waals surface area (Å²) >= 11 is -4.74. The lowest BCUT2D eigenvalue weighted by atomic mass is 9.98. The lowest BCUT2D eigenvalue weighted by molar-refractivity contribution is -0.147. The fourth-order valence-corrected chi connectivity index (χ4v) is 12.7. The first-order chi connectivity index (χ1) is 44.1. The standard InChI is InChI=1S/C61H89N11O20S/c1-33-15-18-68(19-16-33)40-9-11-41(12-10-40)70-22-20-69(21-23-70)39-7-5-37(6-8-39)55(82)64-44-26-42(76)28-63-59(86)53-54(81)34(2)29-72(53)61(88)52(47(79)14-17-62-38(31-73)32-74)67-58(85)51(48(80)24-36-4-13-46(78)49(25-36)92-93(89,90)91)66-57(84)45-27-43(77)30-71(45)60(87)50(35(3)75)65-56(44)83/h4-13,25,33-35,38,42-45,47-48,50-54,62,73-81,89-91H,14-24,26-32H2,1-3H3,(H,63,86)(H,64,82)(H,65,83)(H,66,84)(H,67,85)/t34-,35+,42+,43+,44?,45-,47+,48+,50-,51-,52-,53-,54-/m0/s1. The number of carbonyl (C=O) groups is 7. The summed E-state index contributed by atoms with van der Waals surface area (Å²) in [4.78, 5) is 111. The second-order valence-electron chi connectivity index (χ2n) is 24.9. The summed E-state index contributed by atoms with van der Waals surface area (Å²) in [5, 5.41) is 114. The predicted octanol–water partition coefficient (Wildman–Crippen LogP) is -3.25. The van der Waals surface area contributed by atoms with Crippen LogP contribution in [0, 0.1) is 11.8 Å². The molecule has 32 heteroatoms. The van der Waals surface area contributed by atoms with Gasteiger partial charge in [-0.3, -0.25) is 47.2 Å². The second-order valence-corrected chi connectivity index (χ2v) is 26.0. The molecule has 5 aliphatic heterocycles. The van der Waals surface area contributed by atoms with Crippen molar-refractivity contribution in [2.75, 3.05) is 93.4 Å². The Hall–Kier alpha value is -7.18. The average molecular weight is 1330 g/mol. The van der Waals surface area contributed by atoms with Crippen LogP contribution in [0.3, 0.4) is 0 Å². The molecule has 8 rings (SSSR count). The first kappa shape index (κ1) is 71.7. The van der Waals surface area contributed by atoms with Crippen molar-refractivity contribution in [1.29, 1.82) is 0 Å². The Morgan fingerprint density at radius 3 is 1.81 bits per heavy atom. The highest BCUT2D eigenvalue weighted by Gasteiger charge is 2.50. The van der Waals surface area contributed by atoms with Crippen LogP contribution in [0.4, 0.5) is 17.1 Å². The number of β-amino-alcohol motifs (C(OH)–C–C–N with tert-alkyl or cyclic N) is 1. The molecule has 93 heavy (non-hydrogen) atoms. The van der Waals surface area contributed by atoms with Crippen LogP contribution < -0.4 is 50.8 Å². The SMILES string of the molecule is CC1CCN(c2ccc(N3CCN(c4ccc(C(=O)NC5C[C@@H](O)CNC(=O)[C@@H]6[C@@H](O)[C@@H](C)CN6C(=O)[C@H]([C@H](O)CCNC(CO)CO)NC(=O)[C@H]([C@H](O)Cc6ccc(O)c(OS(O)(O)O)c6)NC(=O)[C@@H]6C[C@@H](O)CN6C(=O)[C@H]([C@@H](C)O)NC5=O)cc4)CC3)cc2)CC1. The smallest absolute Gasteiger partial charge is 0.266 e. The van der Waals surface area contributed by atoms with Gasteiger partial charge in [0.1, 0.15) is 36.3 Å². The van der Waals surface area contributed by atoms with E-state index in [0.717, 1.165) is 72.3 Å². The van der Waals surface area contributed by atoms with Crippen LogP contribution in [0.2, 0.25) is 0 Å². The average Bonchev–Trinajstić information content (AvgIpc) is 1.66. The van der Waals surface area contributed by atoms with E-state index in [-0.39, 0.29) is 24.2 Å². The molecule has 18 N–H and O–H groups in total. The first-order valence-corrected chi connectivity index (χ1v) is 32.7. The largest absolute Gasteiger partial charge is 0.504 e. The van der Waals surface area contributed by atoms with Gasteiger partial charge in [0, 0.05) is 107 Å². The number of rotatable bonds is 18. The summed E-state index contributed by atoms with van der Waals surface area (Å²) < 4.78 is 33.4. The number of aliphatic hydroxyl groups is 8. The van der Waals surface area contributed by atoms with Gasteiger partial charge in [-0.15, -0.1) is 0 Å². The molecule has 0 aromatic heterocycles. The summed E-state index contributed by atoms with van der Waals surface area (Å²) in [7, 11) is 0. The molecule has 1 unspecified atom stereocenters.